The molecule has 1 fully saturated rings. The summed E-state index contributed by atoms with van der Waals surface area (Å²) in [6.07, 6.45) is 9.54. The smallest absolute Gasteiger partial charge is 0.274 e. The fourth-order valence-electron chi connectivity index (χ4n) is 3.65. The van der Waals surface area contributed by atoms with Crippen LogP contribution in [0.15, 0.2) is 42.9 Å². The van der Waals surface area contributed by atoms with Gasteiger partial charge in [0.2, 0.25) is 0 Å². The number of hydrogen-bond acceptors (Lipinski definition) is 4. The summed E-state index contributed by atoms with van der Waals surface area (Å²) in [6.45, 7) is 0. The van der Waals surface area contributed by atoms with Gasteiger partial charge in [0.1, 0.15) is 17.8 Å². The SMILES string of the molecule is CN(c1cc(C(=O)Nc2ccc3[nH]ccc3c2)ncn1)C1CCCCC1. The zero-order chi connectivity index (χ0) is 17.9. The molecular weight excluding hydrogens is 326 g/mol. The van der Waals surface area contributed by atoms with Gasteiger partial charge in [-0.05, 0) is 37.1 Å². The van der Waals surface area contributed by atoms with Crippen LogP contribution in [0.5, 0.6) is 0 Å². The molecular formula is C20H23N5O. The van der Waals surface area contributed by atoms with Gasteiger partial charge in [0, 0.05) is 41.9 Å². The molecule has 2 heterocycles. The van der Waals surface area contributed by atoms with E-state index in [9.17, 15) is 4.79 Å². The van der Waals surface area contributed by atoms with Crippen molar-refractivity contribution in [1.29, 1.82) is 0 Å². The number of H-pyrrole nitrogens is 1. The van der Waals surface area contributed by atoms with Gasteiger partial charge in [0.15, 0.2) is 0 Å². The fourth-order valence-corrected chi connectivity index (χ4v) is 3.65. The van der Waals surface area contributed by atoms with E-state index >= 15 is 0 Å². The predicted molar refractivity (Wildman–Crippen MR) is 104 cm³/mol. The minimum atomic E-state index is -0.222. The van der Waals surface area contributed by atoms with Gasteiger partial charge in [-0.25, -0.2) is 9.97 Å². The third-order valence-corrected chi connectivity index (χ3v) is 5.18. The van der Waals surface area contributed by atoms with Crippen molar-refractivity contribution in [3.63, 3.8) is 0 Å². The monoisotopic (exact) mass is 349 g/mol. The molecule has 0 bridgehead atoms. The Bertz CT molecular complexity index is 913. The number of benzene rings is 1. The summed E-state index contributed by atoms with van der Waals surface area (Å²) >= 11 is 0. The Kier molecular flexibility index (Phi) is 4.56. The summed E-state index contributed by atoms with van der Waals surface area (Å²) in [5.74, 6) is 0.582. The number of hydrogen-bond donors (Lipinski definition) is 2. The van der Waals surface area contributed by atoms with Gasteiger partial charge < -0.3 is 15.2 Å². The van der Waals surface area contributed by atoms with Gasteiger partial charge in [0.25, 0.3) is 5.91 Å². The predicted octanol–water partition coefficient (Wildman–Crippen LogP) is 3.98. The van der Waals surface area contributed by atoms with Crippen LogP contribution in [0.3, 0.4) is 0 Å². The van der Waals surface area contributed by atoms with Crippen molar-refractivity contribution in [3.05, 3.63) is 48.5 Å². The molecule has 26 heavy (non-hydrogen) atoms. The van der Waals surface area contributed by atoms with Crippen molar-refractivity contribution in [2.75, 3.05) is 17.3 Å². The molecule has 1 aromatic carbocycles. The molecule has 1 aliphatic rings. The second kappa shape index (κ2) is 7.15. The molecule has 2 N–H and O–H groups in total. The van der Waals surface area contributed by atoms with Crippen LogP contribution in [-0.2, 0) is 0 Å². The number of anilines is 2. The van der Waals surface area contributed by atoms with Crippen LogP contribution in [0.25, 0.3) is 10.9 Å². The lowest BCUT2D eigenvalue weighted by Crippen LogP contribution is -2.34. The Balaban J connectivity index is 1.50. The van der Waals surface area contributed by atoms with Crippen molar-refractivity contribution in [1.82, 2.24) is 15.0 Å². The fraction of sp³-hybridized carbons (Fsp3) is 0.350. The van der Waals surface area contributed by atoms with Crippen LogP contribution < -0.4 is 10.2 Å². The van der Waals surface area contributed by atoms with Crippen LogP contribution >= 0.6 is 0 Å². The number of nitrogens with zero attached hydrogens (tertiary/aromatic N) is 3. The lowest BCUT2D eigenvalue weighted by Gasteiger charge is -2.32. The number of carbonyl (C=O) groups is 1. The molecule has 0 aliphatic heterocycles. The Hall–Kier alpha value is -2.89. The topological polar surface area (TPSA) is 73.9 Å². The molecule has 1 saturated carbocycles. The van der Waals surface area contributed by atoms with E-state index in [0.717, 1.165) is 22.4 Å². The van der Waals surface area contributed by atoms with E-state index in [4.69, 9.17) is 0 Å². The molecule has 0 spiro atoms. The quantitative estimate of drug-likeness (QED) is 0.747. The van der Waals surface area contributed by atoms with Crippen molar-refractivity contribution >= 4 is 28.3 Å². The van der Waals surface area contributed by atoms with E-state index in [2.05, 4.69) is 32.2 Å². The lowest BCUT2D eigenvalue weighted by molar-refractivity contribution is 0.102. The standard InChI is InChI=1S/C20H23N5O/c1-25(16-5-3-2-4-6-16)19-12-18(22-13-23-19)20(26)24-15-7-8-17-14(11-15)9-10-21-17/h7-13,16,21H,2-6H2,1H3,(H,24,26). The second-order valence-corrected chi connectivity index (χ2v) is 6.90. The molecule has 0 atom stereocenters. The number of rotatable bonds is 4. The lowest BCUT2D eigenvalue weighted by atomic mass is 9.94. The van der Waals surface area contributed by atoms with Gasteiger partial charge in [-0.15, -0.1) is 0 Å². The summed E-state index contributed by atoms with van der Waals surface area (Å²) in [7, 11) is 2.06. The Labute approximate surface area is 152 Å². The van der Waals surface area contributed by atoms with E-state index in [1.165, 1.54) is 38.4 Å². The van der Waals surface area contributed by atoms with E-state index < -0.39 is 0 Å². The Morgan fingerprint density at radius 3 is 2.85 bits per heavy atom. The number of nitrogens with one attached hydrogen (secondary N) is 2. The molecule has 3 aromatic rings. The molecule has 1 amide bonds. The normalized spacial score (nSPS) is 15.1. The minimum Gasteiger partial charge on any atom is -0.361 e. The average Bonchev–Trinajstić information content (AvgIpc) is 3.16. The van der Waals surface area contributed by atoms with E-state index in [1.807, 2.05) is 30.5 Å². The highest BCUT2D eigenvalue weighted by molar-refractivity contribution is 6.04. The molecule has 0 radical (unpaired) electrons. The number of fused-ring (bicyclic) bond motifs is 1. The molecule has 0 saturated heterocycles. The summed E-state index contributed by atoms with van der Waals surface area (Å²) < 4.78 is 0. The molecule has 6 nitrogen and oxygen atoms in total. The van der Waals surface area contributed by atoms with Crippen LogP contribution in [0.2, 0.25) is 0 Å². The van der Waals surface area contributed by atoms with Crippen molar-refractivity contribution < 1.29 is 4.79 Å². The van der Waals surface area contributed by atoms with Crippen molar-refractivity contribution in [2.45, 2.75) is 38.1 Å². The number of carbonyl (C=O) groups excluding carboxylic acids is 1. The van der Waals surface area contributed by atoms with Crippen molar-refractivity contribution in [3.8, 4) is 0 Å². The molecule has 6 heteroatoms. The third kappa shape index (κ3) is 3.40. The first-order valence-electron chi connectivity index (χ1n) is 9.14. The highest BCUT2D eigenvalue weighted by Crippen LogP contribution is 2.25. The summed E-state index contributed by atoms with van der Waals surface area (Å²) in [5, 5.41) is 3.98. The van der Waals surface area contributed by atoms with E-state index in [0.29, 0.717) is 11.7 Å². The zero-order valence-electron chi connectivity index (χ0n) is 14.9. The highest BCUT2D eigenvalue weighted by Gasteiger charge is 2.20. The molecule has 0 unspecified atom stereocenters. The summed E-state index contributed by atoms with van der Waals surface area (Å²) in [4.78, 5) is 26.5. The van der Waals surface area contributed by atoms with E-state index in [1.54, 1.807) is 6.07 Å². The van der Waals surface area contributed by atoms with Crippen LogP contribution in [0, 0.1) is 0 Å². The number of amides is 1. The van der Waals surface area contributed by atoms with Gasteiger partial charge >= 0.3 is 0 Å². The Morgan fingerprint density at radius 2 is 2.00 bits per heavy atom. The summed E-state index contributed by atoms with van der Waals surface area (Å²) in [5.41, 5.74) is 2.18. The van der Waals surface area contributed by atoms with Crippen molar-refractivity contribution in [2.24, 2.45) is 0 Å². The molecule has 1 aliphatic carbocycles. The minimum absolute atomic E-state index is 0.222. The van der Waals surface area contributed by atoms with Crippen LogP contribution in [-0.4, -0.2) is 33.9 Å². The molecule has 134 valence electrons. The average molecular weight is 349 g/mol. The maximum atomic E-state index is 12.6. The van der Waals surface area contributed by atoms with Gasteiger partial charge in [0.05, 0.1) is 0 Å². The maximum absolute atomic E-state index is 12.6. The van der Waals surface area contributed by atoms with Gasteiger partial charge in [-0.1, -0.05) is 19.3 Å². The highest BCUT2D eigenvalue weighted by atomic mass is 16.1. The second-order valence-electron chi connectivity index (χ2n) is 6.90. The first-order valence-corrected chi connectivity index (χ1v) is 9.14. The number of aromatic amines is 1. The van der Waals surface area contributed by atoms with Crippen LogP contribution in [0.4, 0.5) is 11.5 Å². The first kappa shape index (κ1) is 16.6. The Morgan fingerprint density at radius 1 is 1.15 bits per heavy atom. The molecule has 4 rings (SSSR count). The largest absolute Gasteiger partial charge is 0.361 e. The van der Waals surface area contributed by atoms with Gasteiger partial charge in [-0.2, -0.15) is 0 Å². The first-order chi connectivity index (χ1) is 12.7. The van der Waals surface area contributed by atoms with E-state index in [-0.39, 0.29) is 5.91 Å². The number of aromatic nitrogens is 3. The molecule has 2 aromatic heterocycles. The third-order valence-electron chi connectivity index (χ3n) is 5.18. The zero-order valence-corrected chi connectivity index (χ0v) is 14.9. The van der Waals surface area contributed by atoms with Crippen LogP contribution in [0.1, 0.15) is 42.6 Å². The van der Waals surface area contributed by atoms with Gasteiger partial charge in [-0.3, -0.25) is 4.79 Å². The summed E-state index contributed by atoms with van der Waals surface area (Å²) in [6, 6.07) is 10.0. The maximum Gasteiger partial charge on any atom is 0.274 e.